The molecule has 0 bridgehead atoms. The molecule has 0 aliphatic heterocycles. The van der Waals surface area contributed by atoms with Crippen LogP contribution in [0.3, 0.4) is 0 Å². The summed E-state index contributed by atoms with van der Waals surface area (Å²) in [4.78, 5) is 2.25. The van der Waals surface area contributed by atoms with Gasteiger partial charge in [-0.15, -0.1) is 0 Å². The molecular weight excluding hydrogens is 366 g/mol. The maximum atomic E-state index is 5.64. The summed E-state index contributed by atoms with van der Waals surface area (Å²) < 4.78 is 32.8. The van der Waals surface area contributed by atoms with Crippen molar-refractivity contribution in [2.75, 3.05) is 112 Å². The van der Waals surface area contributed by atoms with Gasteiger partial charge in [0.25, 0.3) is 0 Å². The molecule has 0 spiro atoms. The second kappa shape index (κ2) is 24.7. The van der Waals surface area contributed by atoms with E-state index < -0.39 is 0 Å². The van der Waals surface area contributed by atoms with Crippen LogP contribution in [0.5, 0.6) is 0 Å². The van der Waals surface area contributed by atoms with Gasteiger partial charge in [0.1, 0.15) is 0 Å². The van der Waals surface area contributed by atoms with Gasteiger partial charge in [0.05, 0.1) is 72.7 Å². The van der Waals surface area contributed by atoms with E-state index in [9.17, 15) is 0 Å². The molecule has 0 radical (unpaired) electrons. The SMILES string of the molecule is CCCOCCOCCOCCOCCN(CCOCCN)CCOCCN. The molecule has 0 aromatic heterocycles. The van der Waals surface area contributed by atoms with Gasteiger partial charge in [0, 0.05) is 39.3 Å². The molecule has 170 valence electrons. The molecule has 9 nitrogen and oxygen atoms in total. The van der Waals surface area contributed by atoms with Gasteiger partial charge in [-0.2, -0.15) is 0 Å². The standard InChI is InChI=1S/C19H43N3O6/c1-2-8-23-14-16-27-18-19-28-17-15-26-13-7-22(5-11-24-9-3-20)6-12-25-10-4-21/h2-21H2,1H3. The number of hydrogen-bond donors (Lipinski definition) is 2. The van der Waals surface area contributed by atoms with Crippen molar-refractivity contribution in [2.45, 2.75) is 13.3 Å². The first-order valence-corrected chi connectivity index (χ1v) is 10.4. The smallest absolute Gasteiger partial charge is 0.0701 e. The van der Waals surface area contributed by atoms with E-state index >= 15 is 0 Å². The molecule has 0 amide bonds. The summed E-state index contributed by atoms with van der Waals surface area (Å²) in [6.07, 6.45) is 1.03. The van der Waals surface area contributed by atoms with Crippen LogP contribution in [0.25, 0.3) is 0 Å². The molecule has 0 heterocycles. The lowest BCUT2D eigenvalue weighted by Crippen LogP contribution is -2.34. The van der Waals surface area contributed by atoms with Gasteiger partial charge in [-0.25, -0.2) is 0 Å². The number of rotatable bonds is 24. The Kier molecular flexibility index (Phi) is 24.4. The first-order chi connectivity index (χ1) is 13.8. The Morgan fingerprint density at radius 1 is 0.464 bits per heavy atom. The van der Waals surface area contributed by atoms with Crippen LogP contribution in [-0.2, 0) is 28.4 Å². The van der Waals surface area contributed by atoms with Gasteiger partial charge in [-0.05, 0) is 6.42 Å². The number of nitrogens with two attached hydrogens (primary N) is 2. The minimum Gasteiger partial charge on any atom is -0.379 e. The van der Waals surface area contributed by atoms with Crippen LogP contribution < -0.4 is 11.5 Å². The summed E-state index contributed by atoms with van der Waals surface area (Å²) in [6, 6.07) is 0. The molecule has 0 aliphatic rings. The second-order valence-corrected chi connectivity index (χ2v) is 6.09. The summed E-state index contributed by atoms with van der Waals surface area (Å²) in [5, 5.41) is 0. The Balaban J connectivity index is 3.52. The Morgan fingerprint density at radius 3 is 1.14 bits per heavy atom. The monoisotopic (exact) mass is 409 g/mol. The molecule has 0 aliphatic carbocycles. The molecule has 0 aromatic carbocycles. The number of ether oxygens (including phenoxy) is 6. The summed E-state index contributed by atoms with van der Waals surface area (Å²) in [6.45, 7) is 13.1. The first-order valence-electron chi connectivity index (χ1n) is 10.4. The predicted octanol–water partition coefficient (Wildman–Crippen LogP) is -0.285. The number of nitrogens with zero attached hydrogens (tertiary/aromatic N) is 1. The van der Waals surface area contributed by atoms with E-state index in [2.05, 4.69) is 11.8 Å². The first kappa shape index (κ1) is 27.6. The van der Waals surface area contributed by atoms with Crippen molar-refractivity contribution >= 4 is 0 Å². The summed E-state index contributed by atoms with van der Waals surface area (Å²) in [5.74, 6) is 0. The van der Waals surface area contributed by atoms with Crippen molar-refractivity contribution in [1.82, 2.24) is 4.90 Å². The summed E-state index contributed by atoms with van der Waals surface area (Å²) in [5.41, 5.74) is 10.9. The van der Waals surface area contributed by atoms with Crippen LogP contribution in [0.4, 0.5) is 0 Å². The van der Waals surface area contributed by atoms with E-state index in [1.807, 2.05) is 0 Å². The van der Waals surface area contributed by atoms with Crippen molar-refractivity contribution < 1.29 is 28.4 Å². The van der Waals surface area contributed by atoms with Crippen molar-refractivity contribution in [3.05, 3.63) is 0 Å². The second-order valence-electron chi connectivity index (χ2n) is 6.09. The van der Waals surface area contributed by atoms with Crippen LogP contribution in [0, 0.1) is 0 Å². The Bertz CT molecular complexity index is 278. The van der Waals surface area contributed by atoms with Crippen molar-refractivity contribution in [3.63, 3.8) is 0 Å². The molecule has 0 atom stereocenters. The van der Waals surface area contributed by atoms with E-state index in [1.54, 1.807) is 0 Å². The summed E-state index contributed by atoms with van der Waals surface area (Å²) >= 11 is 0. The lowest BCUT2D eigenvalue weighted by atomic mass is 10.4. The van der Waals surface area contributed by atoms with Crippen LogP contribution in [0.2, 0.25) is 0 Å². The van der Waals surface area contributed by atoms with Crippen LogP contribution in [0.15, 0.2) is 0 Å². The quantitative estimate of drug-likeness (QED) is 0.208. The van der Waals surface area contributed by atoms with Gasteiger partial charge < -0.3 is 39.9 Å². The van der Waals surface area contributed by atoms with Crippen LogP contribution >= 0.6 is 0 Å². The van der Waals surface area contributed by atoms with E-state index in [4.69, 9.17) is 39.9 Å². The van der Waals surface area contributed by atoms with E-state index in [0.29, 0.717) is 85.8 Å². The topological polar surface area (TPSA) is 111 Å². The van der Waals surface area contributed by atoms with Crippen LogP contribution in [0.1, 0.15) is 13.3 Å². The van der Waals surface area contributed by atoms with Gasteiger partial charge in [-0.3, -0.25) is 4.90 Å². The molecule has 0 rings (SSSR count). The zero-order valence-corrected chi connectivity index (χ0v) is 17.8. The molecular formula is C19H43N3O6. The molecule has 4 N–H and O–H groups in total. The zero-order valence-electron chi connectivity index (χ0n) is 17.8. The third kappa shape index (κ3) is 21.9. The van der Waals surface area contributed by atoms with Gasteiger partial charge in [0.15, 0.2) is 0 Å². The average Bonchev–Trinajstić information content (AvgIpc) is 2.71. The third-order valence-corrected chi connectivity index (χ3v) is 3.64. The highest BCUT2D eigenvalue weighted by molar-refractivity contribution is 4.57. The molecule has 28 heavy (non-hydrogen) atoms. The molecule has 0 aromatic rings. The lowest BCUT2D eigenvalue weighted by molar-refractivity contribution is -0.00549. The Morgan fingerprint density at radius 2 is 0.786 bits per heavy atom. The fourth-order valence-corrected chi connectivity index (χ4v) is 2.19. The summed E-state index contributed by atoms with van der Waals surface area (Å²) in [7, 11) is 0. The van der Waals surface area contributed by atoms with Crippen molar-refractivity contribution in [1.29, 1.82) is 0 Å². The Labute approximate surface area is 170 Å². The molecule has 0 saturated heterocycles. The van der Waals surface area contributed by atoms with E-state index in [-0.39, 0.29) is 0 Å². The highest BCUT2D eigenvalue weighted by Crippen LogP contribution is 1.92. The lowest BCUT2D eigenvalue weighted by Gasteiger charge is -2.22. The molecule has 9 heteroatoms. The molecule has 0 unspecified atom stereocenters. The number of hydrogen-bond acceptors (Lipinski definition) is 9. The largest absolute Gasteiger partial charge is 0.379 e. The van der Waals surface area contributed by atoms with Gasteiger partial charge in [0.2, 0.25) is 0 Å². The maximum absolute atomic E-state index is 5.64. The highest BCUT2D eigenvalue weighted by Gasteiger charge is 2.05. The predicted molar refractivity (Wildman–Crippen MR) is 110 cm³/mol. The van der Waals surface area contributed by atoms with E-state index in [1.165, 1.54) is 0 Å². The Hall–Kier alpha value is -0.360. The average molecular weight is 410 g/mol. The van der Waals surface area contributed by atoms with Crippen molar-refractivity contribution in [2.24, 2.45) is 11.5 Å². The van der Waals surface area contributed by atoms with Gasteiger partial charge >= 0.3 is 0 Å². The minimum absolute atomic E-state index is 0.542. The zero-order chi connectivity index (χ0) is 20.5. The fraction of sp³-hybridized carbons (Fsp3) is 1.00. The van der Waals surface area contributed by atoms with Gasteiger partial charge in [-0.1, -0.05) is 6.92 Å². The fourth-order valence-electron chi connectivity index (χ4n) is 2.19. The highest BCUT2D eigenvalue weighted by atomic mass is 16.6. The van der Waals surface area contributed by atoms with Crippen LogP contribution in [-0.4, -0.2) is 117 Å². The van der Waals surface area contributed by atoms with E-state index in [0.717, 1.165) is 32.7 Å². The normalized spacial score (nSPS) is 11.6. The molecule has 0 fully saturated rings. The maximum Gasteiger partial charge on any atom is 0.0701 e. The third-order valence-electron chi connectivity index (χ3n) is 3.64. The molecule has 0 saturated carbocycles. The minimum atomic E-state index is 0.542. The van der Waals surface area contributed by atoms with Crippen molar-refractivity contribution in [3.8, 4) is 0 Å².